The summed E-state index contributed by atoms with van der Waals surface area (Å²) in [4.78, 5) is 12.8. The summed E-state index contributed by atoms with van der Waals surface area (Å²) < 4.78 is 6.67. The summed E-state index contributed by atoms with van der Waals surface area (Å²) in [6, 6.07) is 0. The lowest BCUT2D eigenvalue weighted by molar-refractivity contribution is -0.186. The predicted octanol–water partition coefficient (Wildman–Crippen LogP) is 6.45. The Kier molecular flexibility index (Phi) is 5.66. The Labute approximate surface area is 214 Å². The first-order valence-electron chi connectivity index (χ1n) is 14.6. The van der Waals surface area contributed by atoms with E-state index in [9.17, 15) is 15.0 Å². The molecule has 2 N–H and O–H groups in total. The van der Waals surface area contributed by atoms with E-state index >= 15 is 0 Å². The van der Waals surface area contributed by atoms with Crippen molar-refractivity contribution in [3.05, 3.63) is 0 Å². The summed E-state index contributed by atoms with van der Waals surface area (Å²) in [6.45, 7) is 17.1. The third-order valence-electron chi connectivity index (χ3n) is 12.7. The topological polar surface area (TPSA) is 66.8 Å². The van der Waals surface area contributed by atoms with Crippen molar-refractivity contribution in [3.8, 4) is 0 Å². The zero-order valence-electron chi connectivity index (χ0n) is 23.8. The molecule has 0 aromatic carbocycles. The minimum absolute atomic E-state index is 0.0263. The summed E-state index contributed by atoms with van der Waals surface area (Å²) in [5.41, 5.74) is -0.657. The number of ether oxygens (including phenoxy) is 1. The molecular weight excluding hydrogens is 436 g/mol. The van der Waals surface area contributed by atoms with Gasteiger partial charge in [-0.3, -0.25) is 4.79 Å². The first kappa shape index (κ1) is 26.2. The van der Waals surface area contributed by atoms with Crippen LogP contribution < -0.4 is 0 Å². The molecule has 1 saturated heterocycles. The number of Topliss-reactive ketones (excluding diaryl/α,β-unsaturated/α-hetero) is 1. The molecule has 1 aliphatic heterocycles. The van der Waals surface area contributed by atoms with E-state index in [4.69, 9.17) is 4.74 Å². The Morgan fingerprint density at radius 2 is 1.66 bits per heavy atom. The van der Waals surface area contributed by atoms with Crippen molar-refractivity contribution >= 4 is 5.78 Å². The lowest BCUT2D eigenvalue weighted by atomic mass is 9.44. The van der Waals surface area contributed by atoms with Crippen molar-refractivity contribution in [3.63, 3.8) is 0 Å². The van der Waals surface area contributed by atoms with E-state index in [0.717, 1.165) is 38.5 Å². The maximum absolute atomic E-state index is 12.8. The van der Waals surface area contributed by atoms with Gasteiger partial charge in [-0.1, -0.05) is 41.0 Å². The molecule has 1 heterocycles. The number of carbonyl (C=O) groups excluding carboxylic acids is 1. The van der Waals surface area contributed by atoms with E-state index in [-0.39, 0.29) is 34.4 Å². The fourth-order valence-electron chi connectivity index (χ4n) is 10.7. The molecule has 1 spiro atoms. The van der Waals surface area contributed by atoms with Crippen LogP contribution in [-0.2, 0) is 9.53 Å². The molecule has 9 atom stereocenters. The smallest absolute Gasteiger partial charge is 0.138 e. The number of hydrogen-bond donors (Lipinski definition) is 2. The highest BCUT2D eigenvalue weighted by Gasteiger charge is 2.79. The van der Waals surface area contributed by atoms with Gasteiger partial charge in [0.05, 0.1) is 23.4 Å². The van der Waals surface area contributed by atoms with Crippen LogP contribution in [0, 0.1) is 38.9 Å². The van der Waals surface area contributed by atoms with Gasteiger partial charge in [0.15, 0.2) is 0 Å². The van der Waals surface area contributed by atoms with Crippen molar-refractivity contribution < 1.29 is 19.7 Å². The second kappa shape index (κ2) is 7.56. The van der Waals surface area contributed by atoms with Crippen LogP contribution in [0.3, 0.4) is 0 Å². The number of aliphatic hydroxyl groups is 2. The van der Waals surface area contributed by atoms with Crippen molar-refractivity contribution in [1.29, 1.82) is 0 Å². The normalized spacial score (nSPS) is 51.5. The molecule has 5 aliphatic rings. The standard InChI is InChI=1S/C31H52O4/c1-25(2,3)22(33)11-15-30-13-9-10-21-28(7)18-20(32)24(27(28,6)16-17-31(21,30)19-30)29(8)14-12-23(35-29)26(4,5)34/h20-21,23-24,32,34H,9-19H2,1-8H3/t20-,21?,23-,24-,27+,28-,29+,30+,31-/m0/s1. The van der Waals surface area contributed by atoms with Crippen LogP contribution in [0.1, 0.15) is 126 Å². The van der Waals surface area contributed by atoms with Crippen LogP contribution in [0.2, 0.25) is 0 Å². The van der Waals surface area contributed by atoms with Gasteiger partial charge in [-0.15, -0.1) is 0 Å². The quantitative estimate of drug-likeness (QED) is 0.466. The third-order valence-corrected chi connectivity index (χ3v) is 12.7. The van der Waals surface area contributed by atoms with Gasteiger partial charge in [0, 0.05) is 17.8 Å². The molecule has 0 amide bonds. The highest BCUT2D eigenvalue weighted by Crippen LogP contribution is 2.86. The van der Waals surface area contributed by atoms with Crippen LogP contribution in [-0.4, -0.2) is 39.4 Å². The number of ketones is 1. The van der Waals surface area contributed by atoms with Crippen LogP contribution in [0.5, 0.6) is 0 Å². The van der Waals surface area contributed by atoms with E-state index in [1.807, 2.05) is 13.8 Å². The lowest BCUT2D eigenvalue weighted by Crippen LogP contribution is -2.56. The molecule has 4 saturated carbocycles. The Bertz CT molecular complexity index is 883. The van der Waals surface area contributed by atoms with E-state index < -0.39 is 11.2 Å². The number of fused-ring (bicyclic) bond motifs is 2. The highest BCUT2D eigenvalue weighted by atomic mass is 16.5. The summed E-state index contributed by atoms with van der Waals surface area (Å²) in [5.74, 6) is 1.14. The third kappa shape index (κ3) is 3.51. The van der Waals surface area contributed by atoms with Crippen LogP contribution in [0.25, 0.3) is 0 Å². The minimum Gasteiger partial charge on any atom is -0.393 e. The second-order valence-corrected chi connectivity index (χ2v) is 15.9. The average Bonchev–Trinajstić information content (AvgIpc) is 3.12. The molecule has 0 bridgehead atoms. The zero-order valence-corrected chi connectivity index (χ0v) is 23.8. The van der Waals surface area contributed by atoms with Crippen LogP contribution in [0.4, 0.5) is 0 Å². The average molecular weight is 489 g/mol. The maximum atomic E-state index is 12.8. The Morgan fingerprint density at radius 1 is 0.971 bits per heavy atom. The molecule has 1 unspecified atom stereocenters. The largest absolute Gasteiger partial charge is 0.393 e. The van der Waals surface area contributed by atoms with Crippen molar-refractivity contribution in [2.24, 2.45) is 38.9 Å². The summed E-state index contributed by atoms with van der Waals surface area (Å²) in [5, 5.41) is 22.4. The van der Waals surface area contributed by atoms with Gasteiger partial charge in [-0.25, -0.2) is 0 Å². The molecular formula is C31H52O4. The van der Waals surface area contributed by atoms with Gasteiger partial charge in [0.2, 0.25) is 0 Å². The van der Waals surface area contributed by atoms with E-state index in [1.54, 1.807) is 0 Å². The van der Waals surface area contributed by atoms with Gasteiger partial charge in [-0.05, 0) is 106 Å². The van der Waals surface area contributed by atoms with Crippen molar-refractivity contribution in [2.75, 3.05) is 0 Å². The molecule has 4 aliphatic carbocycles. The first-order chi connectivity index (χ1) is 15.9. The molecule has 0 radical (unpaired) electrons. The number of hydrogen-bond acceptors (Lipinski definition) is 4. The van der Waals surface area contributed by atoms with Crippen molar-refractivity contribution in [1.82, 2.24) is 0 Å². The molecule has 5 rings (SSSR count). The summed E-state index contributed by atoms with van der Waals surface area (Å²) in [7, 11) is 0. The van der Waals surface area contributed by atoms with Gasteiger partial charge >= 0.3 is 0 Å². The Hall–Kier alpha value is -0.450. The minimum atomic E-state index is -0.858. The summed E-state index contributed by atoms with van der Waals surface area (Å²) in [6.07, 6.45) is 11.4. The molecule has 4 heteroatoms. The lowest BCUT2D eigenvalue weighted by Gasteiger charge is -2.60. The molecule has 0 aromatic heterocycles. The maximum Gasteiger partial charge on any atom is 0.138 e. The zero-order chi connectivity index (χ0) is 25.9. The van der Waals surface area contributed by atoms with Gasteiger partial charge in [-0.2, -0.15) is 0 Å². The molecule has 5 fully saturated rings. The van der Waals surface area contributed by atoms with Crippen LogP contribution in [0.15, 0.2) is 0 Å². The predicted molar refractivity (Wildman–Crippen MR) is 139 cm³/mol. The van der Waals surface area contributed by atoms with E-state index in [0.29, 0.717) is 22.5 Å². The van der Waals surface area contributed by atoms with Crippen LogP contribution >= 0.6 is 0 Å². The van der Waals surface area contributed by atoms with Gasteiger partial charge in [0.25, 0.3) is 0 Å². The molecule has 35 heavy (non-hydrogen) atoms. The summed E-state index contributed by atoms with van der Waals surface area (Å²) >= 11 is 0. The number of carbonyl (C=O) groups is 1. The van der Waals surface area contributed by atoms with E-state index in [2.05, 4.69) is 41.5 Å². The number of aliphatic hydroxyl groups excluding tert-OH is 1. The van der Waals surface area contributed by atoms with Crippen molar-refractivity contribution in [2.45, 2.75) is 149 Å². The Morgan fingerprint density at radius 3 is 2.26 bits per heavy atom. The fraction of sp³-hybridized carbons (Fsp3) is 0.968. The Balaban J connectivity index is 1.41. The second-order valence-electron chi connectivity index (χ2n) is 15.9. The SMILES string of the molecule is CC(C)(C)C(=O)CC[C@@]12CCCC3[C@]1(CC[C@]1(C)[C@@H]([C@@]4(C)CC[C@@H](C(C)(C)O)O4)[C@@H](O)C[C@@]31C)C2. The monoisotopic (exact) mass is 488 g/mol. The molecule has 200 valence electrons. The van der Waals surface area contributed by atoms with Gasteiger partial charge in [0.1, 0.15) is 5.78 Å². The first-order valence-corrected chi connectivity index (χ1v) is 14.6. The highest BCUT2D eigenvalue weighted by molar-refractivity contribution is 5.83. The van der Waals surface area contributed by atoms with Gasteiger partial charge < -0.3 is 14.9 Å². The van der Waals surface area contributed by atoms with E-state index in [1.165, 1.54) is 32.1 Å². The fourth-order valence-corrected chi connectivity index (χ4v) is 10.7. The molecule has 0 aromatic rings. The molecule has 4 nitrogen and oxygen atoms in total. The number of rotatable bonds is 5.